The standard InChI is InChI=1S/C17H24FNO/c1-3-10-19(11-4-2)14-15-8-9-17(18)16(13-15)7-5-6-12-20/h8-9,13,20H,3-4,6,10-12,14H2,1-2H3. The molecule has 0 aromatic heterocycles. The third kappa shape index (κ3) is 5.73. The summed E-state index contributed by atoms with van der Waals surface area (Å²) >= 11 is 0. The second-order valence-electron chi connectivity index (χ2n) is 4.87. The van der Waals surface area contributed by atoms with E-state index < -0.39 is 0 Å². The normalized spacial score (nSPS) is 10.4. The zero-order valence-corrected chi connectivity index (χ0v) is 12.5. The Labute approximate surface area is 121 Å². The topological polar surface area (TPSA) is 23.5 Å². The maximum absolute atomic E-state index is 13.7. The molecule has 0 saturated carbocycles. The largest absolute Gasteiger partial charge is 0.395 e. The van der Waals surface area contributed by atoms with E-state index in [9.17, 15) is 4.39 Å². The molecular formula is C17H24FNO. The fraction of sp³-hybridized carbons (Fsp3) is 0.529. The molecule has 0 aliphatic rings. The molecule has 0 radical (unpaired) electrons. The second kappa shape index (κ2) is 9.52. The summed E-state index contributed by atoms with van der Waals surface area (Å²) in [4.78, 5) is 2.37. The SMILES string of the molecule is CCCN(CCC)Cc1ccc(F)c(C#CCCO)c1. The number of rotatable bonds is 7. The highest BCUT2D eigenvalue weighted by molar-refractivity contribution is 5.38. The highest BCUT2D eigenvalue weighted by atomic mass is 19.1. The van der Waals surface area contributed by atoms with Gasteiger partial charge in [-0.05, 0) is 43.6 Å². The molecule has 2 nitrogen and oxygen atoms in total. The molecule has 0 fully saturated rings. The van der Waals surface area contributed by atoms with E-state index in [-0.39, 0.29) is 12.4 Å². The van der Waals surface area contributed by atoms with E-state index in [1.165, 1.54) is 6.07 Å². The molecule has 0 amide bonds. The molecule has 1 aromatic carbocycles. The van der Waals surface area contributed by atoms with Crippen LogP contribution in [-0.4, -0.2) is 29.7 Å². The van der Waals surface area contributed by atoms with Crippen LogP contribution in [0, 0.1) is 17.7 Å². The van der Waals surface area contributed by atoms with Crippen molar-refractivity contribution in [2.75, 3.05) is 19.7 Å². The lowest BCUT2D eigenvalue weighted by Crippen LogP contribution is -2.24. The second-order valence-corrected chi connectivity index (χ2v) is 4.87. The summed E-state index contributed by atoms with van der Waals surface area (Å²) < 4.78 is 13.7. The first kappa shape index (κ1) is 16.7. The number of aliphatic hydroxyl groups is 1. The van der Waals surface area contributed by atoms with E-state index in [4.69, 9.17) is 5.11 Å². The molecule has 0 heterocycles. The Morgan fingerprint density at radius 2 is 1.90 bits per heavy atom. The van der Waals surface area contributed by atoms with Crippen LogP contribution in [0.15, 0.2) is 18.2 Å². The van der Waals surface area contributed by atoms with Crippen molar-refractivity contribution < 1.29 is 9.50 Å². The van der Waals surface area contributed by atoms with E-state index >= 15 is 0 Å². The smallest absolute Gasteiger partial charge is 0.138 e. The fourth-order valence-electron chi connectivity index (χ4n) is 2.14. The van der Waals surface area contributed by atoms with Gasteiger partial charge in [0.25, 0.3) is 0 Å². The number of aliphatic hydroxyl groups excluding tert-OH is 1. The van der Waals surface area contributed by atoms with Gasteiger partial charge in [-0.2, -0.15) is 0 Å². The molecule has 0 bridgehead atoms. The first-order valence-electron chi connectivity index (χ1n) is 7.31. The Hall–Kier alpha value is -1.37. The van der Waals surface area contributed by atoms with Crippen LogP contribution in [-0.2, 0) is 6.54 Å². The minimum atomic E-state index is -0.295. The van der Waals surface area contributed by atoms with E-state index in [0.717, 1.165) is 38.0 Å². The quantitative estimate of drug-likeness (QED) is 0.774. The Balaban J connectivity index is 2.80. The van der Waals surface area contributed by atoms with Gasteiger partial charge in [-0.1, -0.05) is 31.8 Å². The maximum atomic E-state index is 13.7. The molecule has 1 aromatic rings. The monoisotopic (exact) mass is 277 g/mol. The Morgan fingerprint density at radius 3 is 2.50 bits per heavy atom. The van der Waals surface area contributed by atoms with Crippen LogP contribution >= 0.6 is 0 Å². The number of nitrogens with zero attached hydrogens (tertiary/aromatic N) is 1. The molecule has 0 atom stereocenters. The first-order chi connectivity index (χ1) is 9.71. The van der Waals surface area contributed by atoms with Crippen molar-refractivity contribution in [3.8, 4) is 11.8 Å². The van der Waals surface area contributed by atoms with Gasteiger partial charge in [-0.25, -0.2) is 4.39 Å². The minimum absolute atomic E-state index is 0.00902. The van der Waals surface area contributed by atoms with Crippen molar-refractivity contribution in [1.29, 1.82) is 0 Å². The maximum Gasteiger partial charge on any atom is 0.138 e. The number of hydrogen-bond acceptors (Lipinski definition) is 2. The zero-order valence-electron chi connectivity index (χ0n) is 12.5. The molecule has 0 aliphatic heterocycles. The van der Waals surface area contributed by atoms with Crippen molar-refractivity contribution in [3.63, 3.8) is 0 Å². The molecule has 0 saturated heterocycles. The molecule has 1 N–H and O–H groups in total. The average Bonchev–Trinajstić information content (AvgIpc) is 2.43. The van der Waals surface area contributed by atoms with E-state index in [1.807, 2.05) is 12.1 Å². The number of halogens is 1. The summed E-state index contributed by atoms with van der Waals surface area (Å²) in [7, 11) is 0. The Bertz CT molecular complexity index is 456. The zero-order chi connectivity index (χ0) is 14.8. The third-order valence-electron chi connectivity index (χ3n) is 2.98. The lowest BCUT2D eigenvalue weighted by Gasteiger charge is -2.21. The van der Waals surface area contributed by atoms with Crippen molar-refractivity contribution in [1.82, 2.24) is 4.90 Å². The summed E-state index contributed by atoms with van der Waals surface area (Å²) in [5.41, 5.74) is 1.51. The van der Waals surface area contributed by atoms with Gasteiger partial charge < -0.3 is 5.11 Å². The van der Waals surface area contributed by atoms with Gasteiger partial charge in [-0.3, -0.25) is 4.90 Å². The van der Waals surface area contributed by atoms with Crippen LogP contribution in [0.4, 0.5) is 4.39 Å². The Morgan fingerprint density at radius 1 is 1.20 bits per heavy atom. The number of hydrogen-bond donors (Lipinski definition) is 1. The lowest BCUT2D eigenvalue weighted by atomic mass is 10.1. The molecule has 1 rings (SSSR count). The van der Waals surface area contributed by atoms with Gasteiger partial charge in [-0.15, -0.1) is 0 Å². The molecule has 3 heteroatoms. The summed E-state index contributed by atoms with van der Waals surface area (Å²) in [6, 6.07) is 5.12. The summed E-state index contributed by atoms with van der Waals surface area (Å²) in [5, 5.41) is 8.70. The molecule has 0 unspecified atom stereocenters. The number of benzene rings is 1. The van der Waals surface area contributed by atoms with Gasteiger partial charge in [0, 0.05) is 13.0 Å². The van der Waals surface area contributed by atoms with Gasteiger partial charge in [0.2, 0.25) is 0 Å². The molecule has 0 aliphatic carbocycles. The molecule has 20 heavy (non-hydrogen) atoms. The first-order valence-corrected chi connectivity index (χ1v) is 7.31. The Kier molecular flexibility index (Phi) is 7.94. The van der Waals surface area contributed by atoms with Crippen LogP contribution in [0.25, 0.3) is 0 Å². The highest BCUT2D eigenvalue weighted by Crippen LogP contribution is 2.12. The van der Waals surface area contributed by atoms with E-state index in [1.54, 1.807) is 0 Å². The third-order valence-corrected chi connectivity index (χ3v) is 2.98. The van der Waals surface area contributed by atoms with Crippen molar-refractivity contribution in [3.05, 3.63) is 35.1 Å². The minimum Gasteiger partial charge on any atom is -0.395 e. The molecule has 110 valence electrons. The van der Waals surface area contributed by atoms with Crippen LogP contribution < -0.4 is 0 Å². The van der Waals surface area contributed by atoms with Gasteiger partial charge in [0.1, 0.15) is 5.82 Å². The van der Waals surface area contributed by atoms with Crippen LogP contribution in [0.2, 0.25) is 0 Å². The summed E-state index contributed by atoms with van der Waals surface area (Å²) in [6.45, 7) is 7.28. The van der Waals surface area contributed by atoms with Gasteiger partial charge >= 0.3 is 0 Å². The van der Waals surface area contributed by atoms with E-state index in [0.29, 0.717) is 12.0 Å². The predicted molar refractivity (Wildman–Crippen MR) is 80.8 cm³/mol. The van der Waals surface area contributed by atoms with Crippen LogP contribution in [0.1, 0.15) is 44.2 Å². The van der Waals surface area contributed by atoms with Crippen molar-refractivity contribution >= 4 is 0 Å². The summed E-state index contributed by atoms with van der Waals surface area (Å²) in [6.07, 6.45) is 2.61. The van der Waals surface area contributed by atoms with Crippen molar-refractivity contribution in [2.24, 2.45) is 0 Å². The lowest BCUT2D eigenvalue weighted by molar-refractivity contribution is 0.266. The van der Waals surface area contributed by atoms with E-state index in [2.05, 4.69) is 30.6 Å². The van der Waals surface area contributed by atoms with Gasteiger partial charge in [0.15, 0.2) is 0 Å². The van der Waals surface area contributed by atoms with Gasteiger partial charge in [0.05, 0.1) is 12.2 Å². The predicted octanol–water partition coefficient (Wildman–Crippen LogP) is 3.18. The van der Waals surface area contributed by atoms with Crippen LogP contribution in [0.3, 0.4) is 0 Å². The molecule has 0 spiro atoms. The highest BCUT2D eigenvalue weighted by Gasteiger charge is 2.06. The molecular weight excluding hydrogens is 253 g/mol. The average molecular weight is 277 g/mol. The van der Waals surface area contributed by atoms with Crippen LogP contribution in [0.5, 0.6) is 0 Å². The summed E-state index contributed by atoms with van der Waals surface area (Å²) in [5.74, 6) is 5.26. The fourth-order valence-corrected chi connectivity index (χ4v) is 2.14. The van der Waals surface area contributed by atoms with Crippen molar-refractivity contribution in [2.45, 2.75) is 39.7 Å².